The number of aliphatic hydroxyl groups is 1. The van der Waals surface area contributed by atoms with E-state index >= 15 is 8.78 Å². The van der Waals surface area contributed by atoms with Gasteiger partial charge in [0, 0.05) is 50.3 Å². The van der Waals surface area contributed by atoms with E-state index in [9.17, 15) is 14.6 Å². The van der Waals surface area contributed by atoms with Gasteiger partial charge in [-0.15, -0.1) is 0 Å². The first kappa shape index (κ1) is 43.2. The zero-order chi connectivity index (χ0) is 44.3. The van der Waals surface area contributed by atoms with Gasteiger partial charge in [0.2, 0.25) is 0 Å². The van der Waals surface area contributed by atoms with Crippen molar-refractivity contribution in [1.82, 2.24) is 19.9 Å². The van der Waals surface area contributed by atoms with Crippen LogP contribution in [0.2, 0.25) is 5.04 Å². The standard InChI is InChI=1S/C50H56F3N5O4Si/c1-6-38-41(52)19-18-33-22-35(59)23-39(42(33)38)44-43(53)45-40(26-54-44)46(56-47(55-45)61-31-50-20-13-21-58(50)28-34(51)25-50)57-27-32(24-49(5,60)30-57)29-62-63(48(2,3)4,36-14-9-7-10-15-36)37-16-11-8-12-17-37/h7-12,14-19,22-23,26,32,34,59-60H,6,13,20-21,24-25,27-31H2,1-5H3/t32-,34-,49-,50+/m1/s1. The van der Waals surface area contributed by atoms with Gasteiger partial charge in [0.05, 0.1) is 16.5 Å². The number of β-amino-alcohol motifs (C(OH)–C–C–N with tert-alkyl or cyclic N) is 1. The van der Waals surface area contributed by atoms with E-state index < -0.39 is 37.3 Å². The molecule has 9 rings (SSSR count). The molecule has 0 saturated carbocycles. The maximum Gasteiger partial charge on any atom is 0.319 e. The van der Waals surface area contributed by atoms with Crippen molar-refractivity contribution in [2.75, 3.05) is 44.3 Å². The van der Waals surface area contributed by atoms with Gasteiger partial charge in [-0.2, -0.15) is 9.97 Å². The second kappa shape index (κ2) is 16.5. The summed E-state index contributed by atoms with van der Waals surface area (Å²) >= 11 is 0. The lowest BCUT2D eigenvalue weighted by Crippen LogP contribution is -2.67. The van der Waals surface area contributed by atoms with Crippen LogP contribution in [0.3, 0.4) is 0 Å². The molecule has 0 unspecified atom stereocenters. The molecule has 0 spiro atoms. The third kappa shape index (κ3) is 7.85. The van der Waals surface area contributed by atoms with Gasteiger partial charge in [-0.25, -0.2) is 13.2 Å². The van der Waals surface area contributed by atoms with Crippen LogP contribution < -0.4 is 20.0 Å². The minimum Gasteiger partial charge on any atom is -0.508 e. The Morgan fingerprint density at radius 2 is 1.65 bits per heavy atom. The van der Waals surface area contributed by atoms with Gasteiger partial charge >= 0.3 is 6.01 Å². The molecule has 13 heteroatoms. The molecule has 4 aromatic carbocycles. The highest BCUT2D eigenvalue weighted by Gasteiger charge is 2.52. The number of aromatic hydroxyl groups is 1. The van der Waals surface area contributed by atoms with Gasteiger partial charge in [0.25, 0.3) is 8.32 Å². The fraction of sp³-hybridized carbons (Fsp3) is 0.420. The van der Waals surface area contributed by atoms with E-state index in [4.69, 9.17) is 14.1 Å². The summed E-state index contributed by atoms with van der Waals surface area (Å²) < 4.78 is 61.4. The summed E-state index contributed by atoms with van der Waals surface area (Å²) in [5.74, 6) is -1.19. The fourth-order valence-corrected chi connectivity index (χ4v) is 15.7. The van der Waals surface area contributed by atoms with Crippen molar-refractivity contribution in [3.05, 3.63) is 108 Å². The number of aromatic nitrogens is 3. The van der Waals surface area contributed by atoms with Crippen LogP contribution in [0.4, 0.5) is 19.0 Å². The van der Waals surface area contributed by atoms with Crippen LogP contribution in [0, 0.1) is 17.6 Å². The molecule has 5 heterocycles. The number of halogens is 3. The van der Waals surface area contributed by atoms with Crippen molar-refractivity contribution in [2.45, 2.75) is 89.1 Å². The van der Waals surface area contributed by atoms with E-state index in [1.54, 1.807) is 13.0 Å². The second-order valence-electron chi connectivity index (χ2n) is 19.3. The molecule has 0 amide bonds. The van der Waals surface area contributed by atoms with E-state index in [1.807, 2.05) is 24.0 Å². The second-order valence-corrected chi connectivity index (χ2v) is 23.6. The average molecular weight is 876 g/mol. The smallest absolute Gasteiger partial charge is 0.319 e. The van der Waals surface area contributed by atoms with Gasteiger partial charge in [-0.1, -0.05) is 94.4 Å². The molecular weight excluding hydrogens is 820 g/mol. The Morgan fingerprint density at radius 3 is 2.33 bits per heavy atom. The number of phenols is 1. The van der Waals surface area contributed by atoms with E-state index in [1.165, 1.54) is 24.4 Å². The van der Waals surface area contributed by atoms with Gasteiger partial charge in [-0.05, 0) is 89.1 Å². The molecule has 0 radical (unpaired) electrons. The molecule has 2 N–H and O–H groups in total. The summed E-state index contributed by atoms with van der Waals surface area (Å²) in [4.78, 5) is 18.4. The van der Waals surface area contributed by atoms with Crippen molar-refractivity contribution in [1.29, 1.82) is 0 Å². The number of alkyl halides is 1. The number of ether oxygens (including phenoxy) is 1. The summed E-state index contributed by atoms with van der Waals surface area (Å²) in [6.07, 6.45) is 3.33. The molecule has 3 aliphatic heterocycles. The number of fused-ring (bicyclic) bond motifs is 3. The van der Waals surface area contributed by atoms with Crippen LogP contribution >= 0.6 is 0 Å². The summed E-state index contributed by atoms with van der Waals surface area (Å²) in [5, 5.41) is 26.2. The highest BCUT2D eigenvalue weighted by Crippen LogP contribution is 2.43. The van der Waals surface area contributed by atoms with Crippen LogP contribution in [-0.2, 0) is 10.8 Å². The Bertz CT molecular complexity index is 2610. The minimum atomic E-state index is -2.93. The highest BCUT2D eigenvalue weighted by atomic mass is 28.4. The molecule has 3 saturated heterocycles. The Kier molecular flexibility index (Phi) is 11.3. The number of benzene rings is 4. The number of pyridine rings is 1. The predicted molar refractivity (Wildman–Crippen MR) is 244 cm³/mol. The normalized spacial score (nSPS) is 23.2. The molecule has 330 valence electrons. The van der Waals surface area contributed by atoms with E-state index in [0.29, 0.717) is 66.5 Å². The van der Waals surface area contributed by atoms with Crippen molar-refractivity contribution >= 4 is 46.2 Å². The Hall–Kier alpha value is -5.08. The van der Waals surface area contributed by atoms with Gasteiger partial charge in [0.15, 0.2) is 5.82 Å². The average Bonchev–Trinajstić information content (AvgIpc) is 3.78. The number of nitrogens with zero attached hydrogens (tertiary/aromatic N) is 5. The number of aryl methyl sites for hydroxylation is 1. The van der Waals surface area contributed by atoms with Gasteiger partial charge in [-0.3, -0.25) is 9.88 Å². The first-order valence-electron chi connectivity index (χ1n) is 22.2. The van der Waals surface area contributed by atoms with Crippen molar-refractivity contribution in [3.8, 4) is 23.0 Å². The molecule has 0 bridgehead atoms. The fourth-order valence-electron chi connectivity index (χ4n) is 11.0. The molecule has 63 heavy (non-hydrogen) atoms. The quantitative estimate of drug-likeness (QED) is 0.124. The summed E-state index contributed by atoms with van der Waals surface area (Å²) in [6, 6.07) is 26.6. The third-order valence-corrected chi connectivity index (χ3v) is 18.6. The molecule has 2 aromatic heterocycles. The van der Waals surface area contributed by atoms with E-state index in [2.05, 4.69) is 84.2 Å². The van der Waals surface area contributed by atoms with Crippen LogP contribution in [0.25, 0.3) is 32.9 Å². The Labute approximate surface area is 368 Å². The molecule has 9 nitrogen and oxygen atoms in total. The SMILES string of the molecule is CCc1c(F)ccc2cc(O)cc(-c3ncc4c(N5C[C@H](CO[Si](c6ccccc6)(c6ccccc6)C(C)(C)C)C[C@@](C)(O)C5)nc(OC[C@@]56CCCN5C[C@H](F)C6)nc4c3F)c12. The zero-order valence-corrected chi connectivity index (χ0v) is 37.7. The zero-order valence-electron chi connectivity index (χ0n) is 36.7. The van der Waals surface area contributed by atoms with Crippen molar-refractivity contribution < 1.29 is 32.5 Å². The third-order valence-electron chi connectivity index (χ3n) is 13.6. The number of rotatable bonds is 11. The van der Waals surface area contributed by atoms with Crippen molar-refractivity contribution in [2.24, 2.45) is 5.92 Å². The van der Waals surface area contributed by atoms with Crippen LogP contribution in [0.5, 0.6) is 11.8 Å². The minimum absolute atomic E-state index is 0.0770. The first-order valence-corrected chi connectivity index (χ1v) is 24.1. The van der Waals surface area contributed by atoms with Crippen LogP contribution in [0.1, 0.15) is 65.9 Å². The van der Waals surface area contributed by atoms with Crippen LogP contribution in [0.15, 0.2) is 91.1 Å². The molecule has 3 fully saturated rings. The number of hydrogen-bond donors (Lipinski definition) is 2. The number of hydrogen-bond acceptors (Lipinski definition) is 9. The first-order chi connectivity index (χ1) is 30.1. The van der Waals surface area contributed by atoms with Crippen molar-refractivity contribution in [3.63, 3.8) is 0 Å². The lowest BCUT2D eigenvalue weighted by atomic mass is 9.87. The Morgan fingerprint density at radius 1 is 0.937 bits per heavy atom. The van der Waals surface area contributed by atoms with E-state index in [0.717, 1.165) is 29.8 Å². The van der Waals surface area contributed by atoms with Crippen LogP contribution in [-0.4, -0.2) is 95.1 Å². The predicted octanol–water partition coefficient (Wildman–Crippen LogP) is 8.50. The molecule has 6 aromatic rings. The highest BCUT2D eigenvalue weighted by molar-refractivity contribution is 6.99. The largest absolute Gasteiger partial charge is 0.508 e. The monoisotopic (exact) mass is 875 g/mol. The summed E-state index contributed by atoms with van der Waals surface area (Å²) in [5.41, 5.74) is -1.29. The lowest BCUT2D eigenvalue weighted by Gasteiger charge is -2.46. The van der Waals surface area contributed by atoms with Gasteiger partial charge < -0.3 is 24.3 Å². The Balaban J connectivity index is 1.14. The number of phenolic OH excluding ortho intramolecular Hbond substituents is 1. The number of piperidine rings is 1. The molecule has 4 atom stereocenters. The van der Waals surface area contributed by atoms with Gasteiger partial charge in [0.1, 0.15) is 41.4 Å². The lowest BCUT2D eigenvalue weighted by molar-refractivity contribution is 0.0145. The maximum atomic E-state index is 17.5. The summed E-state index contributed by atoms with van der Waals surface area (Å²) in [7, 11) is -2.93. The molecule has 3 aliphatic rings. The maximum absolute atomic E-state index is 17.5. The topological polar surface area (TPSA) is 104 Å². The summed E-state index contributed by atoms with van der Waals surface area (Å²) in [6.45, 7) is 12.5. The molecule has 0 aliphatic carbocycles. The van der Waals surface area contributed by atoms with E-state index in [-0.39, 0.29) is 52.6 Å². The number of anilines is 1. The molecular formula is C50H56F3N5O4Si.